The van der Waals surface area contributed by atoms with Crippen molar-refractivity contribution in [3.8, 4) is 55.9 Å². The molecule has 0 atom stereocenters. The normalized spacial score (nSPS) is 13.0. The molecule has 442 valence electrons. The molecule has 0 saturated carbocycles. The first-order chi connectivity index (χ1) is 45.4. The van der Waals surface area contributed by atoms with Crippen LogP contribution in [0.15, 0.2) is 301 Å². The topological polar surface area (TPSA) is 13.1 Å². The van der Waals surface area contributed by atoms with Crippen LogP contribution in [0.25, 0.3) is 121 Å². The van der Waals surface area contributed by atoms with E-state index >= 15 is 0 Å². The number of para-hydroxylation sites is 3. The number of nitrogens with zero attached hydrogens (tertiary/aromatic N) is 3. The van der Waals surface area contributed by atoms with Gasteiger partial charge in [0, 0.05) is 65.2 Å². The van der Waals surface area contributed by atoms with Crippen LogP contribution < -0.4 is 21.3 Å². The lowest BCUT2D eigenvalue weighted by atomic mass is 9.34. The van der Waals surface area contributed by atoms with E-state index in [1.54, 1.807) is 0 Å². The molecule has 16 aromatic rings. The summed E-state index contributed by atoms with van der Waals surface area (Å²) in [5.41, 5.74) is 26.6. The van der Waals surface area contributed by atoms with Crippen molar-refractivity contribution in [2.45, 2.75) is 62.2 Å². The van der Waals surface area contributed by atoms with Gasteiger partial charge in [0.2, 0.25) is 6.71 Å². The fourth-order valence-corrected chi connectivity index (χ4v) is 16.9. The Labute approximate surface area is 547 Å². The fourth-order valence-electron chi connectivity index (χ4n) is 15.7. The molecule has 3 nitrogen and oxygen atoms in total. The predicted octanol–water partition coefficient (Wildman–Crippen LogP) is 22.2. The monoisotopic (exact) mass is 1210 g/mol. The van der Waals surface area contributed by atoms with Gasteiger partial charge in [0.15, 0.2) is 0 Å². The van der Waals surface area contributed by atoms with E-state index in [0.29, 0.717) is 0 Å². The lowest BCUT2D eigenvalue weighted by molar-refractivity contribution is 0.590. The van der Waals surface area contributed by atoms with E-state index in [1.807, 2.05) is 11.8 Å². The van der Waals surface area contributed by atoms with Gasteiger partial charge in [-0.3, -0.25) is 0 Å². The molecule has 2 aliphatic heterocycles. The zero-order valence-electron chi connectivity index (χ0n) is 53.0. The van der Waals surface area contributed by atoms with Crippen LogP contribution in [0.2, 0.25) is 0 Å². The SMILES string of the molecule is CC(C)(C)c1ccc2c(c1)c1cc(C(C)(C)C)ccc1n2-c1ccc2c(c1)Sc1cc(-n3c4ccccc4c4ccccc43)cc3c1B2c1ccc(-c2c4ccccc4c(-c4ccccc4)c4ccccc24)cc1N3c1c(-c2ccccc2)cccc1-c1ccccc1. The van der Waals surface area contributed by atoms with E-state index in [2.05, 4.69) is 347 Å². The summed E-state index contributed by atoms with van der Waals surface area (Å²) >= 11 is 1.93. The van der Waals surface area contributed by atoms with Crippen LogP contribution in [-0.4, -0.2) is 15.8 Å². The summed E-state index contributed by atoms with van der Waals surface area (Å²) in [5.74, 6) is 0. The predicted molar refractivity (Wildman–Crippen MR) is 399 cm³/mol. The van der Waals surface area contributed by atoms with Crippen LogP contribution >= 0.6 is 11.8 Å². The van der Waals surface area contributed by atoms with Crippen molar-refractivity contribution in [2.24, 2.45) is 0 Å². The smallest absolute Gasteiger partial charge is 0.249 e. The first-order valence-electron chi connectivity index (χ1n) is 32.7. The zero-order valence-corrected chi connectivity index (χ0v) is 53.9. The molecule has 0 saturated heterocycles. The van der Waals surface area contributed by atoms with Crippen LogP contribution in [0.4, 0.5) is 17.1 Å². The van der Waals surface area contributed by atoms with Crippen molar-refractivity contribution >= 4 is 117 Å². The van der Waals surface area contributed by atoms with E-state index in [4.69, 9.17) is 0 Å². The number of hydrogen-bond donors (Lipinski definition) is 0. The molecule has 0 spiro atoms. The number of hydrogen-bond acceptors (Lipinski definition) is 2. The third-order valence-electron chi connectivity index (χ3n) is 20.1. The van der Waals surface area contributed by atoms with Crippen LogP contribution in [0.5, 0.6) is 0 Å². The van der Waals surface area contributed by atoms with Crippen LogP contribution in [0, 0.1) is 0 Å². The Morgan fingerprint density at radius 3 is 1.27 bits per heavy atom. The summed E-state index contributed by atoms with van der Waals surface area (Å²) in [6, 6.07) is 110. The van der Waals surface area contributed by atoms with Gasteiger partial charge in [-0.25, -0.2) is 0 Å². The van der Waals surface area contributed by atoms with Crippen molar-refractivity contribution in [1.82, 2.24) is 9.13 Å². The second kappa shape index (κ2) is 21.0. The van der Waals surface area contributed by atoms with Crippen molar-refractivity contribution < 1.29 is 0 Å². The molecule has 0 radical (unpaired) electrons. The largest absolute Gasteiger partial charge is 0.310 e. The first-order valence-corrected chi connectivity index (χ1v) is 33.5. The molecule has 4 heterocycles. The highest BCUT2D eigenvalue weighted by atomic mass is 32.2. The molecule has 5 heteroatoms. The molecule has 0 amide bonds. The maximum Gasteiger partial charge on any atom is 0.249 e. The summed E-state index contributed by atoms with van der Waals surface area (Å²) in [6.45, 7) is 13.8. The summed E-state index contributed by atoms with van der Waals surface area (Å²) in [5, 5.41) is 9.98. The van der Waals surface area contributed by atoms with Crippen LogP contribution in [0.3, 0.4) is 0 Å². The molecule has 0 fully saturated rings. The Bertz CT molecular complexity index is 5510. The van der Waals surface area contributed by atoms with E-state index in [-0.39, 0.29) is 17.5 Å². The molecule has 14 aromatic carbocycles. The van der Waals surface area contributed by atoms with Gasteiger partial charge in [-0.15, -0.1) is 0 Å². The average molecular weight is 1210 g/mol. The molecule has 18 rings (SSSR count). The minimum atomic E-state index is -0.118. The third-order valence-corrected chi connectivity index (χ3v) is 21.2. The molecule has 2 aliphatic rings. The van der Waals surface area contributed by atoms with Gasteiger partial charge in [-0.1, -0.05) is 283 Å². The molecule has 0 N–H and O–H groups in total. The summed E-state index contributed by atoms with van der Waals surface area (Å²) in [6.07, 6.45) is 0. The molecule has 0 unspecified atom stereocenters. The maximum absolute atomic E-state index is 2.69. The second-order valence-electron chi connectivity index (χ2n) is 27.6. The van der Waals surface area contributed by atoms with Crippen molar-refractivity contribution in [1.29, 1.82) is 0 Å². The van der Waals surface area contributed by atoms with Gasteiger partial charge in [-0.05, 0) is 155 Å². The highest BCUT2D eigenvalue weighted by molar-refractivity contribution is 8.00. The fraction of sp³-hybridized carbons (Fsp3) is 0.0909. The van der Waals surface area contributed by atoms with Gasteiger partial charge in [0.1, 0.15) is 0 Å². The maximum atomic E-state index is 2.69. The van der Waals surface area contributed by atoms with Crippen molar-refractivity contribution in [3.63, 3.8) is 0 Å². The van der Waals surface area contributed by atoms with Gasteiger partial charge < -0.3 is 14.0 Å². The van der Waals surface area contributed by atoms with Gasteiger partial charge >= 0.3 is 0 Å². The Morgan fingerprint density at radius 1 is 0.301 bits per heavy atom. The van der Waals surface area contributed by atoms with Crippen LogP contribution in [0.1, 0.15) is 52.7 Å². The lowest BCUT2D eigenvalue weighted by Crippen LogP contribution is -2.60. The molecule has 93 heavy (non-hydrogen) atoms. The minimum Gasteiger partial charge on any atom is -0.310 e. The molecular weight excluding hydrogens is 1140 g/mol. The van der Waals surface area contributed by atoms with Gasteiger partial charge in [0.05, 0.1) is 27.8 Å². The molecule has 0 bridgehead atoms. The van der Waals surface area contributed by atoms with E-state index in [0.717, 1.165) is 45.0 Å². The highest BCUT2D eigenvalue weighted by Crippen LogP contribution is 2.53. The van der Waals surface area contributed by atoms with Crippen molar-refractivity contribution in [3.05, 3.63) is 302 Å². The number of benzene rings is 14. The number of rotatable bonds is 7. The molecule has 0 aliphatic carbocycles. The van der Waals surface area contributed by atoms with Gasteiger partial charge in [-0.2, -0.15) is 0 Å². The Morgan fingerprint density at radius 2 is 0.742 bits per heavy atom. The quantitative estimate of drug-likeness (QED) is 0.117. The van der Waals surface area contributed by atoms with Gasteiger partial charge in [0.25, 0.3) is 0 Å². The number of fused-ring (bicyclic) bond motifs is 12. The molecular formula is C88H66BN3S. The standard InChI is InChI=1S/C88H66BN3S/c1-87(2,3)59-42-47-77-71(50-59)72-51-60(88(4,5)6)43-48-78(72)90(77)61-44-46-74-81(53-61)93-82-54-62(91-75-39-22-20-31-65(75)66-32-21-23-40-76(66)91)52-80-85(82)89(74)73-45-41-58(84-69-35-18-16-33-67(69)83(57-29-14-9-15-30-57)68-34-17-19-36-70(68)84)49-79(73)92(80)86-63(55-25-10-7-11-26-55)37-24-38-64(86)56-27-12-8-13-28-56/h7-54H,1-6H3. The second-order valence-corrected chi connectivity index (χ2v) is 28.6. The van der Waals surface area contributed by atoms with E-state index < -0.39 is 0 Å². The summed E-state index contributed by atoms with van der Waals surface area (Å²) in [4.78, 5) is 5.20. The Hall–Kier alpha value is -10.6. The Balaban J connectivity index is 0.958. The van der Waals surface area contributed by atoms with Crippen LogP contribution in [-0.2, 0) is 10.8 Å². The summed E-state index contributed by atoms with van der Waals surface area (Å²) < 4.78 is 5.06. The highest BCUT2D eigenvalue weighted by Gasteiger charge is 2.43. The number of anilines is 3. The summed E-state index contributed by atoms with van der Waals surface area (Å²) in [7, 11) is 0. The van der Waals surface area contributed by atoms with E-state index in [9.17, 15) is 0 Å². The van der Waals surface area contributed by atoms with E-state index in [1.165, 1.54) is 130 Å². The minimum absolute atomic E-state index is 0.00895. The number of aromatic nitrogens is 2. The van der Waals surface area contributed by atoms with Crippen molar-refractivity contribution in [2.75, 3.05) is 4.90 Å². The lowest BCUT2D eigenvalue weighted by Gasteiger charge is -2.42. The Kier molecular flexibility index (Phi) is 12.5. The molecule has 2 aromatic heterocycles. The zero-order chi connectivity index (χ0) is 62.4. The average Bonchev–Trinajstić information content (AvgIpc) is 0.874. The third kappa shape index (κ3) is 8.67. The first kappa shape index (κ1) is 55.3.